The zero-order valence-electron chi connectivity index (χ0n) is 12.2. The van der Waals surface area contributed by atoms with E-state index in [9.17, 15) is 4.79 Å². The van der Waals surface area contributed by atoms with Gasteiger partial charge in [0.2, 0.25) is 5.95 Å². The Kier molecular flexibility index (Phi) is 5.73. The Hall–Kier alpha value is -1.65. The van der Waals surface area contributed by atoms with Crippen LogP contribution < -0.4 is 4.90 Å². The normalized spacial score (nSPS) is 10.8. The standard InChI is InChI=1S/C14H23N3O2/c1-5-11(6-2)9-17(7-3)14-15-8-12(13(18)19)10(4)16-14/h8,11H,5-7,9H2,1-4H3,(H,18,19). The van der Waals surface area contributed by atoms with Crippen LogP contribution in [0.1, 0.15) is 49.7 Å². The zero-order chi connectivity index (χ0) is 14.4. The van der Waals surface area contributed by atoms with E-state index in [2.05, 4.69) is 35.6 Å². The predicted octanol–water partition coefficient (Wildman–Crippen LogP) is 2.75. The van der Waals surface area contributed by atoms with Gasteiger partial charge in [-0.25, -0.2) is 14.8 Å². The lowest BCUT2D eigenvalue weighted by Gasteiger charge is -2.25. The average molecular weight is 265 g/mol. The topological polar surface area (TPSA) is 66.3 Å². The number of aryl methyl sites for hydroxylation is 1. The van der Waals surface area contributed by atoms with Crippen molar-refractivity contribution in [1.29, 1.82) is 0 Å². The summed E-state index contributed by atoms with van der Waals surface area (Å²) in [5.74, 6) is 0.256. The molecule has 1 aromatic heterocycles. The van der Waals surface area contributed by atoms with Crippen molar-refractivity contribution < 1.29 is 9.90 Å². The lowest BCUT2D eigenvalue weighted by molar-refractivity contribution is 0.0695. The molecule has 1 N–H and O–H groups in total. The Morgan fingerprint density at radius 1 is 1.37 bits per heavy atom. The molecule has 0 aliphatic heterocycles. The smallest absolute Gasteiger partial charge is 0.339 e. The second kappa shape index (κ2) is 7.07. The largest absolute Gasteiger partial charge is 0.478 e. The van der Waals surface area contributed by atoms with Gasteiger partial charge in [0, 0.05) is 19.3 Å². The highest BCUT2D eigenvalue weighted by molar-refractivity contribution is 5.88. The van der Waals surface area contributed by atoms with Crippen molar-refractivity contribution in [1.82, 2.24) is 9.97 Å². The number of aromatic carboxylic acids is 1. The van der Waals surface area contributed by atoms with Crippen molar-refractivity contribution in [2.24, 2.45) is 5.92 Å². The van der Waals surface area contributed by atoms with Gasteiger partial charge in [-0.15, -0.1) is 0 Å². The maximum Gasteiger partial charge on any atom is 0.339 e. The molecular weight excluding hydrogens is 242 g/mol. The highest BCUT2D eigenvalue weighted by atomic mass is 16.4. The minimum Gasteiger partial charge on any atom is -0.478 e. The lowest BCUT2D eigenvalue weighted by Crippen LogP contribution is -2.31. The minimum absolute atomic E-state index is 0.169. The number of carboxylic acids is 1. The molecule has 1 heterocycles. The number of nitrogens with zero attached hydrogens (tertiary/aromatic N) is 3. The van der Waals surface area contributed by atoms with Gasteiger partial charge in [0.05, 0.1) is 11.3 Å². The van der Waals surface area contributed by atoms with Gasteiger partial charge in [-0.05, 0) is 19.8 Å². The summed E-state index contributed by atoms with van der Waals surface area (Å²) in [4.78, 5) is 21.6. The quantitative estimate of drug-likeness (QED) is 0.821. The molecule has 106 valence electrons. The van der Waals surface area contributed by atoms with Crippen LogP contribution in [-0.4, -0.2) is 34.1 Å². The number of hydrogen-bond donors (Lipinski definition) is 1. The highest BCUT2D eigenvalue weighted by Gasteiger charge is 2.15. The van der Waals surface area contributed by atoms with Gasteiger partial charge in [-0.2, -0.15) is 0 Å². The number of rotatable bonds is 7. The number of carboxylic acid groups (broad SMARTS) is 1. The minimum atomic E-state index is -0.980. The predicted molar refractivity (Wildman–Crippen MR) is 75.7 cm³/mol. The van der Waals surface area contributed by atoms with Crippen molar-refractivity contribution in [3.8, 4) is 0 Å². The molecule has 0 aliphatic carbocycles. The van der Waals surface area contributed by atoms with E-state index in [0.29, 0.717) is 17.6 Å². The van der Waals surface area contributed by atoms with E-state index in [4.69, 9.17) is 5.11 Å². The van der Waals surface area contributed by atoms with Crippen molar-refractivity contribution >= 4 is 11.9 Å². The highest BCUT2D eigenvalue weighted by Crippen LogP contribution is 2.16. The van der Waals surface area contributed by atoms with Crippen LogP contribution in [0.5, 0.6) is 0 Å². The van der Waals surface area contributed by atoms with Gasteiger partial charge in [0.25, 0.3) is 0 Å². The third-order valence-electron chi connectivity index (χ3n) is 3.49. The van der Waals surface area contributed by atoms with Crippen LogP contribution in [0.15, 0.2) is 6.20 Å². The number of hydrogen-bond acceptors (Lipinski definition) is 4. The van der Waals surface area contributed by atoms with E-state index >= 15 is 0 Å². The first-order valence-electron chi connectivity index (χ1n) is 6.85. The Bertz CT molecular complexity index is 431. The molecule has 0 saturated heterocycles. The number of anilines is 1. The average Bonchev–Trinajstić information content (AvgIpc) is 2.39. The van der Waals surface area contributed by atoms with Crippen LogP contribution in [-0.2, 0) is 0 Å². The summed E-state index contributed by atoms with van der Waals surface area (Å²) >= 11 is 0. The lowest BCUT2D eigenvalue weighted by atomic mass is 10.0. The van der Waals surface area contributed by atoms with Gasteiger partial charge in [-0.3, -0.25) is 0 Å². The first kappa shape index (κ1) is 15.4. The Morgan fingerprint density at radius 3 is 2.42 bits per heavy atom. The molecule has 0 saturated carbocycles. The van der Waals surface area contributed by atoms with Crippen molar-refractivity contribution in [2.75, 3.05) is 18.0 Å². The Morgan fingerprint density at radius 2 is 2.00 bits per heavy atom. The first-order valence-corrected chi connectivity index (χ1v) is 6.85. The molecule has 0 aromatic carbocycles. The van der Waals surface area contributed by atoms with Gasteiger partial charge >= 0.3 is 5.97 Å². The fourth-order valence-corrected chi connectivity index (χ4v) is 2.03. The molecule has 0 spiro atoms. The molecule has 1 aromatic rings. The van der Waals surface area contributed by atoms with Gasteiger partial charge in [0.15, 0.2) is 0 Å². The molecule has 0 aliphatic rings. The van der Waals surface area contributed by atoms with Crippen LogP contribution >= 0.6 is 0 Å². The Labute approximate surface area is 114 Å². The maximum atomic E-state index is 10.9. The summed E-state index contributed by atoms with van der Waals surface area (Å²) < 4.78 is 0. The summed E-state index contributed by atoms with van der Waals surface area (Å²) in [7, 11) is 0. The van der Waals surface area contributed by atoms with Crippen molar-refractivity contribution in [3.05, 3.63) is 17.5 Å². The maximum absolute atomic E-state index is 10.9. The molecule has 5 nitrogen and oxygen atoms in total. The summed E-state index contributed by atoms with van der Waals surface area (Å²) in [5, 5.41) is 8.98. The summed E-state index contributed by atoms with van der Waals surface area (Å²) in [6, 6.07) is 0. The summed E-state index contributed by atoms with van der Waals surface area (Å²) in [6.45, 7) is 9.87. The van der Waals surface area contributed by atoms with Crippen LogP contribution in [0.25, 0.3) is 0 Å². The van der Waals surface area contributed by atoms with E-state index in [0.717, 1.165) is 25.9 Å². The fourth-order valence-electron chi connectivity index (χ4n) is 2.03. The summed E-state index contributed by atoms with van der Waals surface area (Å²) in [5.41, 5.74) is 0.683. The second-order valence-corrected chi connectivity index (χ2v) is 4.70. The number of aromatic nitrogens is 2. The fraction of sp³-hybridized carbons (Fsp3) is 0.643. The molecule has 19 heavy (non-hydrogen) atoms. The SMILES string of the molecule is CCC(CC)CN(CC)c1ncc(C(=O)O)c(C)n1. The van der Waals surface area contributed by atoms with Gasteiger partial charge in [0.1, 0.15) is 0 Å². The van der Waals surface area contributed by atoms with Gasteiger partial charge in [-0.1, -0.05) is 26.7 Å². The van der Waals surface area contributed by atoms with Crippen LogP contribution in [0.4, 0.5) is 5.95 Å². The molecule has 0 atom stereocenters. The van der Waals surface area contributed by atoms with E-state index in [1.807, 2.05) is 0 Å². The third kappa shape index (κ3) is 3.91. The monoisotopic (exact) mass is 265 g/mol. The summed E-state index contributed by atoms with van der Waals surface area (Å²) in [6.07, 6.45) is 3.65. The van der Waals surface area contributed by atoms with E-state index in [1.165, 1.54) is 6.20 Å². The molecule has 0 radical (unpaired) electrons. The van der Waals surface area contributed by atoms with Crippen LogP contribution in [0.3, 0.4) is 0 Å². The van der Waals surface area contributed by atoms with Crippen molar-refractivity contribution in [2.45, 2.75) is 40.5 Å². The van der Waals surface area contributed by atoms with E-state index in [1.54, 1.807) is 6.92 Å². The van der Waals surface area contributed by atoms with Crippen LogP contribution in [0.2, 0.25) is 0 Å². The van der Waals surface area contributed by atoms with E-state index < -0.39 is 5.97 Å². The van der Waals surface area contributed by atoms with Gasteiger partial charge < -0.3 is 10.0 Å². The molecule has 1 rings (SSSR count). The molecular formula is C14H23N3O2. The molecule has 0 bridgehead atoms. The van der Waals surface area contributed by atoms with Crippen LogP contribution in [0, 0.1) is 12.8 Å². The Balaban J connectivity index is 2.93. The first-order chi connectivity index (χ1) is 9.03. The number of carbonyl (C=O) groups is 1. The second-order valence-electron chi connectivity index (χ2n) is 4.70. The third-order valence-corrected chi connectivity index (χ3v) is 3.49. The molecule has 0 unspecified atom stereocenters. The van der Waals surface area contributed by atoms with Crippen molar-refractivity contribution in [3.63, 3.8) is 0 Å². The van der Waals surface area contributed by atoms with E-state index in [-0.39, 0.29) is 5.56 Å². The molecule has 0 fully saturated rings. The molecule has 5 heteroatoms. The molecule has 0 amide bonds. The zero-order valence-corrected chi connectivity index (χ0v) is 12.2.